The van der Waals surface area contributed by atoms with E-state index in [1.807, 2.05) is 0 Å². The Kier molecular flexibility index (Phi) is 6.64. The zero-order chi connectivity index (χ0) is 20.9. The molecule has 2 aromatic carbocycles. The lowest BCUT2D eigenvalue weighted by atomic mass is 9.77. The van der Waals surface area contributed by atoms with Crippen LogP contribution in [0.15, 0.2) is 48.5 Å². The highest BCUT2D eigenvalue weighted by Gasteiger charge is 2.39. The van der Waals surface area contributed by atoms with E-state index in [4.69, 9.17) is 26.8 Å². The lowest BCUT2D eigenvalue weighted by molar-refractivity contribution is -0.122. The van der Waals surface area contributed by atoms with E-state index in [0.29, 0.717) is 41.8 Å². The first-order valence-electron chi connectivity index (χ1n) is 9.51. The monoisotopic (exact) mass is 416 g/mol. The van der Waals surface area contributed by atoms with Crippen LogP contribution in [0.5, 0.6) is 11.5 Å². The minimum Gasteiger partial charge on any atom is -0.497 e. The van der Waals surface area contributed by atoms with Gasteiger partial charge in [-0.25, -0.2) is 0 Å². The summed E-state index contributed by atoms with van der Waals surface area (Å²) in [5.74, 6) is 0.793. The lowest BCUT2D eigenvalue weighted by Crippen LogP contribution is -2.50. The molecule has 6 nitrogen and oxygen atoms in total. The van der Waals surface area contributed by atoms with Gasteiger partial charge in [0, 0.05) is 35.5 Å². The fraction of sp³-hybridized carbons (Fsp3) is 0.364. The highest BCUT2D eigenvalue weighted by molar-refractivity contribution is 6.30. The second-order valence-electron chi connectivity index (χ2n) is 7.45. The number of halogens is 1. The first-order chi connectivity index (χ1) is 13.9. The number of piperidine rings is 1. The minimum atomic E-state index is -0.530. The number of carbonyl (C=O) groups excluding carboxylic acids is 2. The summed E-state index contributed by atoms with van der Waals surface area (Å²) in [5.41, 5.74) is 5.56. The van der Waals surface area contributed by atoms with Gasteiger partial charge in [0.15, 0.2) is 0 Å². The zero-order valence-corrected chi connectivity index (χ0v) is 17.2. The summed E-state index contributed by atoms with van der Waals surface area (Å²) in [6.07, 6.45) is 1.68. The Hall–Kier alpha value is -2.73. The van der Waals surface area contributed by atoms with Crippen LogP contribution in [0, 0.1) is 5.41 Å². The molecule has 7 heteroatoms. The summed E-state index contributed by atoms with van der Waals surface area (Å²) in [6, 6.07) is 14.1. The van der Waals surface area contributed by atoms with Crippen LogP contribution in [0.3, 0.4) is 0 Å². The standard InChI is InChI=1S/C22H25ClN2O4/c1-28-19-5-2-4-16(12-19)21(27)25-11-3-10-22(14-25,13-20(24)26)15-29-18-8-6-17(23)7-9-18/h2,4-9,12H,3,10-11,13-15H2,1H3,(H2,24,26)/t22-/m0/s1. The number of nitrogens with two attached hydrogens (primary N) is 1. The molecule has 0 unspecified atom stereocenters. The van der Waals surface area contributed by atoms with Crippen molar-refractivity contribution in [1.29, 1.82) is 0 Å². The fourth-order valence-corrected chi connectivity index (χ4v) is 3.90. The van der Waals surface area contributed by atoms with E-state index in [-0.39, 0.29) is 12.3 Å². The third-order valence-electron chi connectivity index (χ3n) is 5.17. The van der Waals surface area contributed by atoms with Crippen molar-refractivity contribution >= 4 is 23.4 Å². The number of hydrogen-bond acceptors (Lipinski definition) is 4. The molecule has 0 spiro atoms. The maximum atomic E-state index is 13.1. The lowest BCUT2D eigenvalue weighted by Gasteiger charge is -2.42. The molecule has 1 heterocycles. The number of ether oxygens (including phenoxy) is 2. The number of hydrogen-bond donors (Lipinski definition) is 1. The van der Waals surface area contributed by atoms with Crippen molar-refractivity contribution in [2.24, 2.45) is 11.1 Å². The van der Waals surface area contributed by atoms with E-state index < -0.39 is 11.3 Å². The number of benzene rings is 2. The van der Waals surface area contributed by atoms with Gasteiger partial charge in [0.05, 0.1) is 13.7 Å². The molecule has 0 bridgehead atoms. The van der Waals surface area contributed by atoms with Crippen LogP contribution in [0.25, 0.3) is 0 Å². The molecule has 1 atom stereocenters. The highest BCUT2D eigenvalue weighted by Crippen LogP contribution is 2.35. The summed E-state index contributed by atoms with van der Waals surface area (Å²) in [6.45, 7) is 1.32. The Labute approximate surface area is 175 Å². The predicted octanol–water partition coefficient (Wildman–Crippen LogP) is 3.53. The molecule has 1 saturated heterocycles. The number of methoxy groups -OCH3 is 1. The average molecular weight is 417 g/mol. The van der Waals surface area contributed by atoms with Crippen molar-refractivity contribution in [3.8, 4) is 11.5 Å². The first kappa shape index (κ1) is 21.0. The van der Waals surface area contributed by atoms with E-state index in [0.717, 1.165) is 12.8 Å². The number of rotatable bonds is 7. The molecular weight excluding hydrogens is 392 g/mol. The van der Waals surface area contributed by atoms with E-state index in [9.17, 15) is 9.59 Å². The van der Waals surface area contributed by atoms with Crippen LogP contribution >= 0.6 is 11.6 Å². The number of nitrogens with zero attached hydrogens (tertiary/aromatic N) is 1. The SMILES string of the molecule is COc1cccc(C(=O)N2CCC[C@](COc3ccc(Cl)cc3)(CC(N)=O)C2)c1. The van der Waals surface area contributed by atoms with Crippen molar-refractivity contribution in [3.63, 3.8) is 0 Å². The normalized spacial score (nSPS) is 18.9. The molecule has 2 amide bonds. The summed E-state index contributed by atoms with van der Waals surface area (Å²) in [5, 5.41) is 0.622. The zero-order valence-electron chi connectivity index (χ0n) is 16.4. The van der Waals surface area contributed by atoms with Gasteiger partial charge in [-0.3, -0.25) is 9.59 Å². The van der Waals surface area contributed by atoms with E-state index in [1.165, 1.54) is 0 Å². The largest absolute Gasteiger partial charge is 0.497 e. The van der Waals surface area contributed by atoms with Gasteiger partial charge in [-0.05, 0) is 55.3 Å². The molecule has 0 aliphatic carbocycles. The van der Waals surface area contributed by atoms with Gasteiger partial charge >= 0.3 is 0 Å². The maximum Gasteiger partial charge on any atom is 0.254 e. The average Bonchev–Trinajstić information content (AvgIpc) is 2.72. The molecule has 154 valence electrons. The van der Waals surface area contributed by atoms with Crippen LogP contribution in [0.4, 0.5) is 0 Å². The van der Waals surface area contributed by atoms with Gasteiger partial charge in [-0.1, -0.05) is 17.7 Å². The number of primary amides is 1. The number of amides is 2. The third-order valence-corrected chi connectivity index (χ3v) is 5.43. The molecular formula is C22H25ClN2O4. The van der Waals surface area contributed by atoms with Gasteiger partial charge < -0.3 is 20.1 Å². The summed E-state index contributed by atoms with van der Waals surface area (Å²) in [4.78, 5) is 26.6. The molecule has 3 rings (SSSR count). The fourth-order valence-electron chi connectivity index (χ4n) is 3.77. The van der Waals surface area contributed by atoms with Gasteiger partial charge in [0.25, 0.3) is 5.91 Å². The van der Waals surface area contributed by atoms with E-state index in [2.05, 4.69) is 0 Å². The molecule has 2 aromatic rings. The van der Waals surface area contributed by atoms with Crippen LogP contribution in [0.2, 0.25) is 5.02 Å². The molecule has 0 radical (unpaired) electrons. The van der Waals surface area contributed by atoms with Crippen LogP contribution < -0.4 is 15.2 Å². The van der Waals surface area contributed by atoms with Crippen molar-refractivity contribution in [3.05, 3.63) is 59.1 Å². The molecule has 0 aromatic heterocycles. The van der Waals surface area contributed by atoms with Crippen LogP contribution in [-0.4, -0.2) is 43.5 Å². The molecule has 1 aliphatic rings. The first-order valence-corrected chi connectivity index (χ1v) is 9.89. The summed E-state index contributed by atoms with van der Waals surface area (Å²) >= 11 is 5.92. The smallest absolute Gasteiger partial charge is 0.254 e. The topological polar surface area (TPSA) is 81.9 Å². The summed E-state index contributed by atoms with van der Waals surface area (Å²) in [7, 11) is 1.57. The second-order valence-corrected chi connectivity index (χ2v) is 7.88. The Morgan fingerprint density at radius 1 is 1.17 bits per heavy atom. The van der Waals surface area contributed by atoms with Gasteiger partial charge in [0.1, 0.15) is 11.5 Å². The van der Waals surface area contributed by atoms with Crippen molar-refractivity contribution < 1.29 is 19.1 Å². The molecule has 0 saturated carbocycles. The number of likely N-dealkylation sites (tertiary alicyclic amines) is 1. The van der Waals surface area contributed by atoms with Crippen LogP contribution in [0.1, 0.15) is 29.6 Å². The Morgan fingerprint density at radius 3 is 2.62 bits per heavy atom. The minimum absolute atomic E-state index is 0.0936. The van der Waals surface area contributed by atoms with Gasteiger partial charge in [-0.15, -0.1) is 0 Å². The van der Waals surface area contributed by atoms with E-state index in [1.54, 1.807) is 60.5 Å². The molecule has 2 N–H and O–H groups in total. The van der Waals surface area contributed by atoms with Gasteiger partial charge in [0.2, 0.25) is 5.91 Å². The molecule has 1 fully saturated rings. The van der Waals surface area contributed by atoms with Crippen molar-refractivity contribution in [2.45, 2.75) is 19.3 Å². The predicted molar refractivity (Wildman–Crippen MR) is 111 cm³/mol. The highest BCUT2D eigenvalue weighted by atomic mass is 35.5. The Morgan fingerprint density at radius 2 is 1.93 bits per heavy atom. The van der Waals surface area contributed by atoms with Crippen molar-refractivity contribution in [2.75, 3.05) is 26.8 Å². The second kappa shape index (κ2) is 9.18. The Bertz CT molecular complexity index is 871. The Balaban J connectivity index is 1.76. The van der Waals surface area contributed by atoms with Crippen LogP contribution in [-0.2, 0) is 4.79 Å². The maximum absolute atomic E-state index is 13.1. The number of carbonyl (C=O) groups is 2. The third kappa shape index (κ3) is 5.41. The van der Waals surface area contributed by atoms with E-state index >= 15 is 0 Å². The molecule has 1 aliphatic heterocycles. The quantitative estimate of drug-likeness (QED) is 0.748. The molecule has 29 heavy (non-hydrogen) atoms. The van der Waals surface area contributed by atoms with Gasteiger partial charge in [-0.2, -0.15) is 0 Å². The van der Waals surface area contributed by atoms with Crippen molar-refractivity contribution in [1.82, 2.24) is 4.90 Å². The summed E-state index contributed by atoms with van der Waals surface area (Å²) < 4.78 is 11.2.